The number of likely N-dealkylation sites (tertiary alicyclic amines) is 1. The Hall–Kier alpha value is -3.81. The number of carbonyl (C=O) groups is 1. The molecule has 156 valence electrons. The molecule has 1 aliphatic heterocycles. The second-order valence-corrected chi connectivity index (χ2v) is 7.67. The molecule has 0 radical (unpaired) electrons. The summed E-state index contributed by atoms with van der Waals surface area (Å²) in [4.78, 5) is 23.0. The van der Waals surface area contributed by atoms with Crippen LogP contribution < -0.4 is 5.32 Å². The van der Waals surface area contributed by atoms with Crippen LogP contribution in [-0.2, 0) is 0 Å². The van der Waals surface area contributed by atoms with E-state index in [4.69, 9.17) is 0 Å². The number of aryl methyl sites for hydroxylation is 1. The third-order valence-corrected chi connectivity index (χ3v) is 5.48. The Morgan fingerprint density at radius 1 is 1.13 bits per heavy atom. The summed E-state index contributed by atoms with van der Waals surface area (Å²) in [5.74, 6) is -0.437. The maximum Gasteiger partial charge on any atom is 0.321 e. The number of nitrogens with zero attached hydrogens (tertiary/aromatic N) is 5. The number of carbonyl (C=O) groups excluding carboxylic acids is 1. The number of hydrogen-bond donors (Lipinski definition) is 1. The molecule has 0 atom stereocenters. The van der Waals surface area contributed by atoms with Gasteiger partial charge in [0.1, 0.15) is 11.5 Å². The van der Waals surface area contributed by atoms with Crippen molar-refractivity contribution in [1.82, 2.24) is 24.6 Å². The first-order valence-electron chi connectivity index (χ1n) is 10.2. The minimum Gasteiger partial charge on any atom is -0.325 e. The zero-order valence-corrected chi connectivity index (χ0v) is 17.0. The van der Waals surface area contributed by atoms with Crippen LogP contribution in [0.15, 0.2) is 55.0 Å². The van der Waals surface area contributed by atoms with Crippen LogP contribution >= 0.6 is 0 Å². The summed E-state index contributed by atoms with van der Waals surface area (Å²) < 4.78 is 16.1. The number of hydrogen-bond acceptors (Lipinski definition) is 4. The van der Waals surface area contributed by atoms with Crippen molar-refractivity contribution in [2.45, 2.75) is 19.8 Å². The van der Waals surface area contributed by atoms with Crippen molar-refractivity contribution in [2.24, 2.45) is 0 Å². The highest BCUT2D eigenvalue weighted by atomic mass is 19.1. The van der Waals surface area contributed by atoms with Gasteiger partial charge in [0.15, 0.2) is 5.65 Å². The molecular weight excluding hydrogens is 395 g/mol. The summed E-state index contributed by atoms with van der Waals surface area (Å²) in [5, 5.41) is 8.04. The fourth-order valence-corrected chi connectivity index (χ4v) is 3.85. The Bertz CT molecular complexity index is 1280. The molecule has 4 heterocycles. The first-order valence-corrected chi connectivity index (χ1v) is 10.2. The molecule has 1 saturated heterocycles. The molecular formula is C23H21FN6O. The van der Waals surface area contributed by atoms with E-state index in [2.05, 4.69) is 20.4 Å². The maximum absolute atomic E-state index is 14.6. The molecule has 0 aliphatic carbocycles. The number of halogens is 1. The predicted octanol–water partition coefficient (Wildman–Crippen LogP) is 4.56. The van der Waals surface area contributed by atoms with Crippen LogP contribution in [-0.4, -0.2) is 43.8 Å². The van der Waals surface area contributed by atoms with Crippen LogP contribution in [0.3, 0.4) is 0 Å². The molecule has 1 aliphatic rings. The normalized spacial score (nSPS) is 13.7. The highest BCUT2D eigenvalue weighted by Crippen LogP contribution is 2.25. The topological polar surface area (TPSA) is 75.9 Å². The van der Waals surface area contributed by atoms with Crippen LogP contribution in [0.2, 0.25) is 0 Å². The van der Waals surface area contributed by atoms with Gasteiger partial charge in [-0.2, -0.15) is 0 Å². The zero-order chi connectivity index (χ0) is 21.4. The molecule has 5 rings (SSSR count). The molecule has 8 heteroatoms. The summed E-state index contributed by atoms with van der Waals surface area (Å²) in [6, 6.07) is 10.1. The zero-order valence-electron chi connectivity index (χ0n) is 17.0. The number of aromatic nitrogens is 4. The molecule has 0 bridgehead atoms. The first kappa shape index (κ1) is 19.2. The summed E-state index contributed by atoms with van der Waals surface area (Å²) in [5.41, 5.74) is 4.03. The van der Waals surface area contributed by atoms with Crippen molar-refractivity contribution in [2.75, 3.05) is 18.4 Å². The summed E-state index contributed by atoms with van der Waals surface area (Å²) in [6.07, 6.45) is 7.21. The fraction of sp³-hybridized carbons (Fsp3) is 0.217. The van der Waals surface area contributed by atoms with Gasteiger partial charge in [0.2, 0.25) is 0 Å². The van der Waals surface area contributed by atoms with Crippen LogP contribution in [0, 0.1) is 12.7 Å². The number of anilines is 1. The first-order chi connectivity index (χ1) is 15.1. The number of pyridine rings is 2. The molecule has 1 aromatic carbocycles. The van der Waals surface area contributed by atoms with Crippen molar-refractivity contribution < 1.29 is 9.18 Å². The second kappa shape index (κ2) is 7.79. The Morgan fingerprint density at radius 3 is 2.77 bits per heavy atom. The fourth-order valence-electron chi connectivity index (χ4n) is 3.85. The number of nitrogens with one attached hydrogen (secondary N) is 1. The predicted molar refractivity (Wildman–Crippen MR) is 117 cm³/mol. The van der Waals surface area contributed by atoms with Gasteiger partial charge in [0.05, 0.1) is 5.69 Å². The Balaban J connectivity index is 1.47. The molecule has 4 aromatic rings. The quantitative estimate of drug-likeness (QED) is 0.531. The number of urea groups is 1. The molecule has 2 amide bonds. The van der Waals surface area contributed by atoms with Gasteiger partial charge >= 0.3 is 6.03 Å². The molecule has 0 saturated carbocycles. The van der Waals surface area contributed by atoms with Gasteiger partial charge in [-0.25, -0.2) is 18.9 Å². The number of amides is 2. The van der Waals surface area contributed by atoms with Gasteiger partial charge in [0.25, 0.3) is 0 Å². The van der Waals surface area contributed by atoms with E-state index < -0.39 is 5.82 Å². The lowest BCUT2D eigenvalue weighted by Gasteiger charge is -2.16. The van der Waals surface area contributed by atoms with Crippen molar-refractivity contribution in [1.29, 1.82) is 0 Å². The lowest BCUT2D eigenvalue weighted by atomic mass is 10.1. The van der Waals surface area contributed by atoms with E-state index in [9.17, 15) is 9.18 Å². The van der Waals surface area contributed by atoms with Crippen molar-refractivity contribution >= 4 is 22.8 Å². The molecule has 1 fully saturated rings. The van der Waals surface area contributed by atoms with Gasteiger partial charge in [-0.15, -0.1) is 5.10 Å². The Labute approximate surface area is 178 Å². The second-order valence-electron chi connectivity index (χ2n) is 7.67. The number of rotatable bonds is 3. The van der Waals surface area contributed by atoms with Gasteiger partial charge in [-0.3, -0.25) is 4.98 Å². The summed E-state index contributed by atoms with van der Waals surface area (Å²) in [7, 11) is 0. The van der Waals surface area contributed by atoms with Crippen LogP contribution in [0.25, 0.3) is 28.0 Å². The highest BCUT2D eigenvalue weighted by Gasteiger charge is 2.18. The lowest BCUT2D eigenvalue weighted by molar-refractivity contribution is 0.222. The van der Waals surface area contributed by atoms with E-state index in [1.807, 2.05) is 25.1 Å². The molecule has 0 unspecified atom stereocenters. The minimum atomic E-state index is -0.437. The highest BCUT2D eigenvalue weighted by molar-refractivity contribution is 5.90. The standard InChI is InChI=1S/C23H21FN6O/c1-15-5-4-8-25-21(15)16-11-17-14-30(28-22(17)26-13-16)20-12-18(6-7-19(20)24)27-23(31)29-9-2-3-10-29/h4-8,11-14H,2-3,9-10H2,1H3,(H,27,31). The Morgan fingerprint density at radius 2 is 1.97 bits per heavy atom. The monoisotopic (exact) mass is 416 g/mol. The van der Waals surface area contributed by atoms with E-state index in [0.717, 1.165) is 48.1 Å². The number of benzene rings is 1. The number of fused-ring (bicyclic) bond motifs is 1. The van der Waals surface area contributed by atoms with E-state index in [1.54, 1.807) is 35.6 Å². The minimum absolute atomic E-state index is 0.169. The molecule has 31 heavy (non-hydrogen) atoms. The maximum atomic E-state index is 14.6. The van der Waals surface area contributed by atoms with Gasteiger partial charge < -0.3 is 10.2 Å². The molecule has 0 spiro atoms. The van der Waals surface area contributed by atoms with E-state index in [-0.39, 0.29) is 11.7 Å². The third kappa shape index (κ3) is 3.72. The van der Waals surface area contributed by atoms with Crippen LogP contribution in [0.1, 0.15) is 18.4 Å². The van der Waals surface area contributed by atoms with Crippen molar-refractivity contribution in [3.05, 3.63) is 66.4 Å². The average molecular weight is 416 g/mol. The van der Waals surface area contributed by atoms with Gasteiger partial charge in [0, 0.05) is 48.3 Å². The Kier molecular flexibility index (Phi) is 4.82. The van der Waals surface area contributed by atoms with Crippen LogP contribution in [0.4, 0.5) is 14.9 Å². The molecule has 7 nitrogen and oxygen atoms in total. The van der Waals surface area contributed by atoms with E-state index in [1.165, 1.54) is 10.7 Å². The van der Waals surface area contributed by atoms with Gasteiger partial charge in [-0.05, 0) is 55.7 Å². The average Bonchev–Trinajstić information content (AvgIpc) is 3.45. The third-order valence-electron chi connectivity index (χ3n) is 5.48. The smallest absolute Gasteiger partial charge is 0.321 e. The van der Waals surface area contributed by atoms with Crippen molar-refractivity contribution in [3.8, 4) is 16.9 Å². The molecule has 1 N–H and O–H groups in total. The summed E-state index contributed by atoms with van der Waals surface area (Å²) >= 11 is 0. The SMILES string of the molecule is Cc1cccnc1-c1cnc2nn(-c3cc(NC(=O)N4CCCC4)ccc3F)cc2c1. The van der Waals surface area contributed by atoms with E-state index >= 15 is 0 Å². The van der Waals surface area contributed by atoms with E-state index in [0.29, 0.717) is 11.3 Å². The molecule has 3 aromatic heterocycles. The lowest BCUT2D eigenvalue weighted by Crippen LogP contribution is -2.32. The largest absolute Gasteiger partial charge is 0.325 e. The van der Waals surface area contributed by atoms with Crippen molar-refractivity contribution in [3.63, 3.8) is 0 Å². The summed E-state index contributed by atoms with van der Waals surface area (Å²) in [6.45, 7) is 3.48. The van der Waals surface area contributed by atoms with Gasteiger partial charge in [-0.1, -0.05) is 6.07 Å². The van der Waals surface area contributed by atoms with Crippen LogP contribution in [0.5, 0.6) is 0 Å².